The van der Waals surface area contributed by atoms with Gasteiger partial charge in [0.2, 0.25) is 5.91 Å². The molecular formula is C18H23N5O2. The third-order valence-electron chi connectivity index (χ3n) is 5.00. The number of carbonyl (C=O) groups excluding carboxylic acids is 1. The van der Waals surface area contributed by atoms with E-state index in [0.29, 0.717) is 19.0 Å². The summed E-state index contributed by atoms with van der Waals surface area (Å²) in [6, 6.07) is 7.25. The van der Waals surface area contributed by atoms with Crippen LogP contribution >= 0.6 is 0 Å². The number of imidazole rings is 1. The fraction of sp³-hybridized carbons (Fsp3) is 0.444. The summed E-state index contributed by atoms with van der Waals surface area (Å²) in [7, 11) is 1.95. The molecule has 7 nitrogen and oxygen atoms in total. The van der Waals surface area contributed by atoms with Crippen LogP contribution in [0.5, 0.6) is 5.75 Å². The quantitative estimate of drug-likeness (QED) is 0.762. The first-order chi connectivity index (χ1) is 12.1. The Morgan fingerprint density at radius 1 is 1.32 bits per heavy atom. The number of aromatic nitrogens is 2. The fourth-order valence-corrected chi connectivity index (χ4v) is 3.32. The van der Waals surface area contributed by atoms with Gasteiger partial charge in [-0.05, 0) is 37.0 Å². The van der Waals surface area contributed by atoms with Crippen LogP contribution in [0.4, 0.5) is 0 Å². The molecule has 7 heteroatoms. The van der Waals surface area contributed by atoms with Crippen LogP contribution in [0, 0.1) is 0 Å². The minimum absolute atomic E-state index is 0.0590. The number of phenols is 1. The van der Waals surface area contributed by atoms with Crippen molar-refractivity contribution in [3.05, 3.63) is 48.0 Å². The summed E-state index contributed by atoms with van der Waals surface area (Å²) in [5.74, 6) is 1.28. The van der Waals surface area contributed by atoms with Crippen LogP contribution in [0.15, 0.2) is 36.7 Å². The molecule has 1 amide bonds. The van der Waals surface area contributed by atoms with Gasteiger partial charge in [-0.3, -0.25) is 4.79 Å². The van der Waals surface area contributed by atoms with Gasteiger partial charge in [0.15, 0.2) is 0 Å². The zero-order valence-corrected chi connectivity index (χ0v) is 14.2. The number of aromatic hydroxyl groups is 1. The van der Waals surface area contributed by atoms with Crippen LogP contribution in [0.3, 0.4) is 0 Å². The Bertz CT molecular complexity index is 753. The molecule has 3 N–H and O–H groups in total. The predicted molar refractivity (Wildman–Crippen MR) is 92.3 cm³/mol. The van der Waals surface area contributed by atoms with E-state index in [1.165, 1.54) is 0 Å². The third-order valence-corrected chi connectivity index (χ3v) is 5.00. The summed E-state index contributed by atoms with van der Waals surface area (Å²) in [6.45, 7) is 0.551. The van der Waals surface area contributed by atoms with Crippen LogP contribution in [0.1, 0.15) is 36.7 Å². The van der Waals surface area contributed by atoms with Crippen molar-refractivity contribution >= 4 is 5.91 Å². The molecule has 1 saturated heterocycles. The second-order valence-corrected chi connectivity index (χ2v) is 6.87. The Kier molecular flexibility index (Phi) is 4.19. The summed E-state index contributed by atoms with van der Waals surface area (Å²) in [5.41, 5.74) is 7.41. The first-order valence-corrected chi connectivity index (χ1v) is 8.68. The summed E-state index contributed by atoms with van der Waals surface area (Å²) in [4.78, 5) is 19.4. The number of hydrazine groups is 1. The topological polar surface area (TPSA) is 82.4 Å². The molecule has 25 heavy (non-hydrogen) atoms. The van der Waals surface area contributed by atoms with Crippen molar-refractivity contribution in [3.63, 3.8) is 0 Å². The Morgan fingerprint density at radius 3 is 2.72 bits per heavy atom. The number of aryl methyl sites for hydroxylation is 1. The van der Waals surface area contributed by atoms with Gasteiger partial charge in [-0.25, -0.2) is 15.8 Å². The minimum Gasteiger partial charge on any atom is -0.508 e. The van der Waals surface area contributed by atoms with Gasteiger partial charge in [0, 0.05) is 31.5 Å². The van der Waals surface area contributed by atoms with E-state index in [2.05, 4.69) is 15.8 Å². The van der Waals surface area contributed by atoms with Gasteiger partial charge < -0.3 is 14.6 Å². The molecular weight excluding hydrogens is 318 g/mol. The van der Waals surface area contributed by atoms with Crippen molar-refractivity contribution in [2.75, 3.05) is 0 Å². The molecule has 1 aliphatic carbocycles. The maximum Gasteiger partial charge on any atom is 0.241 e. The molecule has 1 saturated carbocycles. The Labute approximate surface area is 146 Å². The number of amides is 1. The molecule has 0 radical (unpaired) electrons. The number of phenolic OH excluding ortho intramolecular Hbond substituents is 1. The van der Waals surface area contributed by atoms with Crippen molar-refractivity contribution in [1.82, 2.24) is 25.3 Å². The SMILES string of the molecule is Cn1ccnc1CN(C(=O)C1CC(c2ccc(O)cc2)NN1)C1CC1. The van der Waals surface area contributed by atoms with Gasteiger partial charge in [-0.2, -0.15) is 0 Å². The lowest BCUT2D eigenvalue weighted by Crippen LogP contribution is -2.46. The molecule has 0 spiro atoms. The van der Waals surface area contributed by atoms with Crippen molar-refractivity contribution in [3.8, 4) is 5.75 Å². The van der Waals surface area contributed by atoms with Crippen molar-refractivity contribution in [2.24, 2.45) is 7.05 Å². The number of rotatable bonds is 5. The van der Waals surface area contributed by atoms with Crippen LogP contribution in [-0.4, -0.2) is 37.5 Å². The van der Waals surface area contributed by atoms with Gasteiger partial charge in [0.05, 0.1) is 6.54 Å². The highest BCUT2D eigenvalue weighted by atomic mass is 16.3. The van der Waals surface area contributed by atoms with Gasteiger partial charge in [-0.1, -0.05) is 12.1 Å². The lowest BCUT2D eigenvalue weighted by atomic mass is 10.0. The van der Waals surface area contributed by atoms with E-state index < -0.39 is 0 Å². The van der Waals surface area contributed by atoms with Gasteiger partial charge >= 0.3 is 0 Å². The highest BCUT2D eigenvalue weighted by Gasteiger charge is 2.39. The molecule has 2 aliphatic rings. The van der Waals surface area contributed by atoms with Crippen LogP contribution in [-0.2, 0) is 18.4 Å². The first kappa shape index (κ1) is 16.1. The van der Waals surface area contributed by atoms with Crippen LogP contribution < -0.4 is 10.9 Å². The number of nitrogens with one attached hydrogen (secondary N) is 2. The van der Waals surface area contributed by atoms with E-state index in [1.807, 2.05) is 34.8 Å². The summed E-state index contributed by atoms with van der Waals surface area (Å²) in [6.07, 6.45) is 6.49. The van der Waals surface area contributed by atoms with E-state index in [0.717, 1.165) is 24.2 Å². The van der Waals surface area contributed by atoms with E-state index >= 15 is 0 Å². The van der Waals surface area contributed by atoms with Crippen molar-refractivity contribution < 1.29 is 9.90 Å². The monoisotopic (exact) mass is 341 g/mol. The Morgan fingerprint density at radius 2 is 2.08 bits per heavy atom. The molecule has 2 aromatic rings. The number of carbonyl (C=O) groups is 1. The highest BCUT2D eigenvalue weighted by Crippen LogP contribution is 2.31. The zero-order chi connectivity index (χ0) is 17.4. The zero-order valence-electron chi connectivity index (χ0n) is 14.2. The second kappa shape index (κ2) is 6.50. The molecule has 2 unspecified atom stereocenters. The Hall–Kier alpha value is -2.38. The minimum atomic E-state index is -0.250. The third kappa shape index (κ3) is 3.38. The normalized spacial score (nSPS) is 22.9. The van der Waals surface area contributed by atoms with Crippen molar-refractivity contribution in [2.45, 2.75) is 43.9 Å². The smallest absolute Gasteiger partial charge is 0.241 e. The molecule has 0 bridgehead atoms. The molecule has 4 rings (SSSR count). The average molecular weight is 341 g/mol. The molecule has 1 aromatic carbocycles. The summed E-state index contributed by atoms with van der Waals surface area (Å²) >= 11 is 0. The molecule has 2 atom stereocenters. The maximum absolute atomic E-state index is 13.0. The van der Waals surface area contributed by atoms with Crippen LogP contribution in [0.25, 0.3) is 0 Å². The van der Waals surface area contributed by atoms with Gasteiger partial charge in [0.25, 0.3) is 0 Å². The maximum atomic E-state index is 13.0. The number of nitrogens with zero attached hydrogens (tertiary/aromatic N) is 3. The van der Waals surface area contributed by atoms with E-state index in [1.54, 1.807) is 18.3 Å². The predicted octanol–water partition coefficient (Wildman–Crippen LogP) is 1.22. The van der Waals surface area contributed by atoms with E-state index in [9.17, 15) is 9.90 Å². The average Bonchev–Trinajstić information content (AvgIpc) is 3.18. The fourth-order valence-electron chi connectivity index (χ4n) is 3.32. The van der Waals surface area contributed by atoms with Crippen molar-refractivity contribution in [1.29, 1.82) is 0 Å². The first-order valence-electron chi connectivity index (χ1n) is 8.68. The Balaban J connectivity index is 1.44. The lowest BCUT2D eigenvalue weighted by Gasteiger charge is -2.25. The van der Waals surface area contributed by atoms with Gasteiger partial charge in [-0.15, -0.1) is 0 Å². The molecule has 2 heterocycles. The molecule has 2 fully saturated rings. The lowest BCUT2D eigenvalue weighted by molar-refractivity contribution is -0.134. The highest BCUT2D eigenvalue weighted by molar-refractivity contribution is 5.82. The standard InChI is InChI=1S/C18H23N5O2/c1-22-9-8-19-17(22)11-23(13-4-5-13)18(25)16-10-15(20-21-16)12-2-6-14(24)7-3-12/h2-3,6-9,13,15-16,20-21,24H,4-5,10-11H2,1H3. The van der Waals surface area contributed by atoms with Gasteiger partial charge in [0.1, 0.15) is 17.6 Å². The van der Waals surface area contributed by atoms with E-state index in [4.69, 9.17) is 0 Å². The number of hydrogen-bond donors (Lipinski definition) is 3. The second-order valence-electron chi connectivity index (χ2n) is 6.87. The molecule has 132 valence electrons. The summed E-state index contributed by atoms with van der Waals surface area (Å²) < 4.78 is 1.96. The molecule has 1 aromatic heterocycles. The number of hydrogen-bond acceptors (Lipinski definition) is 5. The van der Waals surface area contributed by atoms with E-state index in [-0.39, 0.29) is 23.7 Å². The molecule has 1 aliphatic heterocycles. The largest absolute Gasteiger partial charge is 0.508 e. The van der Waals surface area contributed by atoms with Crippen LogP contribution in [0.2, 0.25) is 0 Å². The number of benzene rings is 1. The summed E-state index contributed by atoms with van der Waals surface area (Å²) in [5, 5.41) is 9.42.